The van der Waals surface area contributed by atoms with E-state index < -0.39 is 0 Å². The third-order valence-corrected chi connectivity index (χ3v) is 4.02. The third kappa shape index (κ3) is 2.42. The van der Waals surface area contributed by atoms with Crippen LogP contribution in [0.25, 0.3) is 22.3 Å². The minimum atomic E-state index is 0.945. The highest BCUT2D eigenvalue weighted by Crippen LogP contribution is 2.29. The summed E-state index contributed by atoms with van der Waals surface area (Å²) in [5, 5.41) is 3.39. The predicted octanol–water partition coefficient (Wildman–Crippen LogP) is 2.71. The van der Waals surface area contributed by atoms with Crippen molar-refractivity contribution in [3.05, 3.63) is 54.6 Å². The Morgan fingerprint density at radius 1 is 0.773 bits per heavy atom. The van der Waals surface area contributed by atoms with Crippen LogP contribution in [0.5, 0.6) is 0 Å². The second kappa shape index (κ2) is 5.73. The molecule has 110 valence electrons. The summed E-state index contributed by atoms with van der Waals surface area (Å²) in [6.07, 6.45) is 0. The van der Waals surface area contributed by atoms with Crippen LogP contribution in [-0.2, 0) is 0 Å². The van der Waals surface area contributed by atoms with Gasteiger partial charge in [0.05, 0.1) is 11.0 Å². The molecule has 1 aromatic heterocycles. The zero-order valence-electron chi connectivity index (χ0n) is 12.4. The van der Waals surface area contributed by atoms with Crippen molar-refractivity contribution in [3.63, 3.8) is 0 Å². The third-order valence-electron chi connectivity index (χ3n) is 4.02. The fraction of sp³-hybridized carbons (Fsp3) is 0.222. The Morgan fingerprint density at radius 2 is 1.41 bits per heavy atom. The molecule has 0 atom stereocenters. The Kier molecular flexibility index (Phi) is 3.45. The molecule has 4 rings (SSSR count). The highest BCUT2D eigenvalue weighted by Gasteiger charge is 2.18. The summed E-state index contributed by atoms with van der Waals surface area (Å²) in [4.78, 5) is 12.1. The Labute approximate surface area is 129 Å². The molecule has 1 fully saturated rings. The van der Waals surface area contributed by atoms with E-state index in [1.54, 1.807) is 0 Å². The van der Waals surface area contributed by atoms with Gasteiger partial charge < -0.3 is 10.2 Å². The minimum absolute atomic E-state index is 0.945. The van der Waals surface area contributed by atoms with Crippen molar-refractivity contribution in [1.29, 1.82) is 0 Å². The van der Waals surface area contributed by atoms with E-state index in [1.165, 1.54) is 0 Å². The first-order valence-electron chi connectivity index (χ1n) is 7.70. The van der Waals surface area contributed by atoms with Gasteiger partial charge in [-0.05, 0) is 12.1 Å². The van der Waals surface area contributed by atoms with Crippen molar-refractivity contribution < 1.29 is 0 Å². The van der Waals surface area contributed by atoms with Crippen molar-refractivity contribution in [1.82, 2.24) is 15.3 Å². The monoisotopic (exact) mass is 290 g/mol. The summed E-state index contributed by atoms with van der Waals surface area (Å²) in [5.74, 6) is 0.992. The van der Waals surface area contributed by atoms with Gasteiger partial charge in [-0.1, -0.05) is 42.5 Å². The molecule has 22 heavy (non-hydrogen) atoms. The Balaban J connectivity index is 1.91. The van der Waals surface area contributed by atoms with Gasteiger partial charge in [0.1, 0.15) is 5.69 Å². The Morgan fingerprint density at radius 3 is 2.14 bits per heavy atom. The van der Waals surface area contributed by atoms with Crippen LogP contribution in [0.1, 0.15) is 0 Å². The molecule has 2 aromatic carbocycles. The molecule has 2 heterocycles. The second-order valence-electron chi connectivity index (χ2n) is 5.49. The van der Waals surface area contributed by atoms with Gasteiger partial charge >= 0.3 is 0 Å². The van der Waals surface area contributed by atoms with Crippen molar-refractivity contribution >= 4 is 16.9 Å². The van der Waals surface area contributed by atoms with Gasteiger partial charge in [0.25, 0.3) is 0 Å². The van der Waals surface area contributed by atoms with Crippen molar-refractivity contribution in [2.75, 3.05) is 31.1 Å². The van der Waals surface area contributed by atoms with Gasteiger partial charge in [-0.25, -0.2) is 9.97 Å². The maximum absolute atomic E-state index is 4.91. The first-order chi connectivity index (χ1) is 10.9. The van der Waals surface area contributed by atoms with Crippen LogP contribution in [0.3, 0.4) is 0 Å². The normalized spacial score (nSPS) is 15.2. The lowest BCUT2D eigenvalue weighted by molar-refractivity contribution is 0.585. The average Bonchev–Trinajstić information content (AvgIpc) is 2.62. The van der Waals surface area contributed by atoms with Crippen molar-refractivity contribution in [3.8, 4) is 11.3 Å². The van der Waals surface area contributed by atoms with Gasteiger partial charge in [0.15, 0.2) is 5.82 Å². The summed E-state index contributed by atoms with van der Waals surface area (Å²) in [7, 11) is 0. The standard InChI is InChI=1S/C18H18N4/c1-2-6-14(7-3-1)17-18(22-12-10-19-11-13-22)21-16-9-5-4-8-15(16)20-17/h1-9,19H,10-13H2. The molecule has 0 amide bonds. The van der Waals surface area contributed by atoms with Crippen LogP contribution in [0.4, 0.5) is 5.82 Å². The lowest BCUT2D eigenvalue weighted by atomic mass is 10.1. The summed E-state index contributed by atoms with van der Waals surface area (Å²) < 4.78 is 0. The van der Waals surface area contributed by atoms with E-state index in [4.69, 9.17) is 9.97 Å². The number of nitrogens with zero attached hydrogens (tertiary/aromatic N) is 3. The number of benzene rings is 2. The molecule has 4 nitrogen and oxygen atoms in total. The molecule has 4 heteroatoms. The Hall–Kier alpha value is -2.46. The Bertz CT molecular complexity index is 779. The van der Waals surface area contributed by atoms with Crippen LogP contribution < -0.4 is 10.2 Å². The quantitative estimate of drug-likeness (QED) is 0.788. The van der Waals surface area contributed by atoms with E-state index in [0.29, 0.717) is 0 Å². The minimum Gasteiger partial charge on any atom is -0.352 e. The summed E-state index contributed by atoms with van der Waals surface area (Å²) >= 11 is 0. The van der Waals surface area contributed by atoms with E-state index in [-0.39, 0.29) is 0 Å². The van der Waals surface area contributed by atoms with Crippen molar-refractivity contribution in [2.24, 2.45) is 0 Å². The topological polar surface area (TPSA) is 41.1 Å². The number of hydrogen-bond acceptors (Lipinski definition) is 4. The smallest absolute Gasteiger partial charge is 0.156 e. The summed E-state index contributed by atoms with van der Waals surface area (Å²) in [5.41, 5.74) is 3.99. The summed E-state index contributed by atoms with van der Waals surface area (Å²) in [6.45, 7) is 3.91. The predicted molar refractivity (Wildman–Crippen MR) is 90.1 cm³/mol. The molecular weight excluding hydrogens is 272 g/mol. The molecule has 1 N–H and O–H groups in total. The first-order valence-corrected chi connectivity index (χ1v) is 7.70. The van der Waals surface area contributed by atoms with Gasteiger partial charge in [0.2, 0.25) is 0 Å². The van der Waals surface area contributed by atoms with E-state index in [0.717, 1.165) is 54.3 Å². The van der Waals surface area contributed by atoms with Gasteiger partial charge in [-0.15, -0.1) is 0 Å². The molecule has 3 aromatic rings. The molecule has 0 radical (unpaired) electrons. The van der Waals surface area contributed by atoms with E-state index in [1.807, 2.05) is 42.5 Å². The zero-order chi connectivity index (χ0) is 14.8. The SMILES string of the molecule is c1ccc(-c2nc3ccccc3nc2N2CCNCC2)cc1. The lowest BCUT2D eigenvalue weighted by Crippen LogP contribution is -2.44. The number of fused-ring (bicyclic) bond motifs is 1. The largest absolute Gasteiger partial charge is 0.352 e. The molecule has 0 unspecified atom stereocenters. The van der Waals surface area contributed by atoms with E-state index >= 15 is 0 Å². The maximum atomic E-state index is 4.91. The molecule has 1 aliphatic heterocycles. The highest BCUT2D eigenvalue weighted by atomic mass is 15.2. The number of hydrogen-bond donors (Lipinski definition) is 1. The molecule has 0 aliphatic carbocycles. The number of para-hydroxylation sites is 2. The molecule has 1 saturated heterocycles. The molecule has 0 saturated carbocycles. The number of rotatable bonds is 2. The lowest BCUT2D eigenvalue weighted by Gasteiger charge is -2.29. The fourth-order valence-electron chi connectivity index (χ4n) is 2.88. The first kappa shape index (κ1) is 13.2. The number of nitrogens with one attached hydrogen (secondary N) is 1. The molecule has 0 spiro atoms. The van der Waals surface area contributed by atoms with Crippen LogP contribution >= 0.6 is 0 Å². The maximum Gasteiger partial charge on any atom is 0.156 e. The van der Waals surface area contributed by atoms with Gasteiger partial charge in [-0.3, -0.25) is 0 Å². The van der Waals surface area contributed by atoms with Gasteiger partial charge in [0, 0.05) is 31.7 Å². The van der Waals surface area contributed by atoms with Crippen LogP contribution in [-0.4, -0.2) is 36.1 Å². The highest BCUT2D eigenvalue weighted by molar-refractivity contribution is 5.83. The zero-order valence-corrected chi connectivity index (χ0v) is 12.4. The van der Waals surface area contributed by atoms with E-state index in [9.17, 15) is 0 Å². The summed E-state index contributed by atoms with van der Waals surface area (Å²) in [6, 6.07) is 18.4. The molecular formula is C18H18N4. The van der Waals surface area contributed by atoms with Crippen LogP contribution in [0, 0.1) is 0 Å². The number of aromatic nitrogens is 2. The van der Waals surface area contributed by atoms with Crippen LogP contribution in [0.15, 0.2) is 54.6 Å². The number of anilines is 1. The second-order valence-corrected chi connectivity index (χ2v) is 5.49. The number of piperazine rings is 1. The molecule has 1 aliphatic rings. The van der Waals surface area contributed by atoms with Crippen LogP contribution in [0.2, 0.25) is 0 Å². The molecule has 0 bridgehead atoms. The van der Waals surface area contributed by atoms with E-state index in [2.05, 4.69) is 22.3 Å². The average molecular weight is 290 g/mol. The van der Waals surface area contributed by atoms with Gasteiger partial charge in [-0.2, -0.15) is 0 Å². The van der Waals surface area contributed by atoms with Crippen molar-refractivity contribution in [2.45, 2.75) is 0 Å². The fourth-order valence-corrected chi connectivity index (χ4v) is 2.88.